The first-order valence-corrected chi connectivity index (χ1v) is 9.82. The number of nitrogens with zero attached hydrogens (tertiary/aromatic N) is 1. The fourth-order valence-electron chi connectivity index (χ4n) is 2.28. The molecule has 150 valence electrons. The van der Waals surface area contributed by atoms with Crippen molar-refractivity contribution >= 4 is 60.7 Å². The largest absolute Gasteiger partial charge is 0.484 e. The number of anilines is 1. The molecule has 29 heavy (non-hydrogen) atoms. The summed E-state index contributed by atoms with van der Waals surface area (Å²) in [7, 11) is 0. The third kappa shape index (κ3) is 5.14. The van der Waals surface area contributed by atoms with Crippen LogP contribution in [0.15, 0.2) is 55.8 Å². The van der Waals surface area contributed by atoms with E-state index in [1.807, 2.05) is 0 Å². The Balaban J connectivity index is 1.69. The smallest absolute Gasteiger partial charge is 0.291 e. The van der Waals surface area contributed by atoms with Gasteiger partial charge in [0, 0.05) is 21.1 Å². The summed E-state index contributed by atoms with van der Waals surface area (Å²) in [5, 5.41) is 13.6. The van der Waals surface area contributed by atoms with Crippen LogP contribution in [0.5, 0.6) is 5.75 Å². The number of amides is 1. The first kappa shape index (κ1) is 21.3. The van der Waals surface area contributed by atoms with Crippen LogP contribution in [0.2, 0.25) is 5.02 Å². The zero-order chi connectivity index (χ0) is 21.1. The summed E-state index contributed by atoms with van der Waals surface area (Å²) >= 11 is 12.3. The van der Waals surface area contributed by atoms with Crippen molar-refractivity contribution in [3.8, 4) is 5.75 Å². The van der Waals surface area contributed by atoms with Crippen molar-refractivity contribution in [2.45, 2.75) is 6.61 Å². The number of nitro groups is 1. The van der Waals surface area contributed by atoms with Crippen molar-refractivity contribution in [1.29, 1.82) is 0 Å². The summed E-state index contributed by atoms with van der Waals surface area (Å²) < 4.78 is 24.6. The number of carbonyl (C=O) groups excluding carboxylic acids is 1. The van der Waals surface area contributed by atoms with Crippen LogP contribution in [0.1, 0.15) is 16.3 Å². The molecule has 0 bridgehead atoms. The number of halogens is 4. The average molecular weight is 549 g/mol. The number of carbonyl (C=O) groups is 1. The van der Waals surface area contributed by atoms with Gasteiger partial charge in [0.2, 0.25) is 0 Å². The maximum absolute atomic E-state index is 13.1. The highest BCUT2D eigenvalue weighted by Gasteiger charge is 2.18. The number of non-ortho nitro benzene ring substituents is 1. The predicted octanol–water partition coefficient (Wildman–Crippen LogP) is 6.34. The number of nitro benzene ring substituents is 1. The Hall–Kier alpha value is -2.43. The van der Waals surface area contributed by atoms with Gasteiger partial charge in [0.15, 0.2) is 5.76 Å². The zero-order valence-electron chi connectivity index (χ0n) is 14.2. The van der Waals surface area contributed by atoms with Gasteiger partial charge in [-0.05, 0) is 62.2 Å². The molecule has 0 unspecified atom stereocenters. The quantitative estimate of drug-likeness (QED) is 0.287. The van der Waals surface area contributed by atoms with Gasteiger partial charge in [-0.3, -0.25) is 14.9 Å². The Morgan fingerprint density at radius 3 is 2.52 bits per heavy atom. The van der Waals surface area contributed by atoms with Crippen LogP contribution in [-0.4, -0.2) is 10.8 Å². The zero-order valence-corrected chi connectivity index (χ0v) is 18.2. The predicted molar refractivity (Wildman–Crippen MR) is 111 cm³/mol. The molecule has 2 aromatic carbocycles. The second kappa shape index (κ2) is 8.93. The third-order valence-corrected chi connectivity index (χ3v) is 5.17. The molecule has 0 spiro atoms. The molecule has 0 aliphatic heterocycles. The van der Waals surface area contributed by atoms with Crippen molar-refractivity contribution in [3.05, 3.63) is 83.9 Å². The third-order valence-electron chi connectivity index (χ3n) is 3.63. The molecular weight excluding hydrogens is 538 g/mol. The van der Waals surface area contributed by atoms with E-state index in [4.69, 9.17) is 20.8 Å². The fraction of sp³-hybridized carbons (Fsp3) is 0.0556. The molecule has 1 aromatic heterocycles. The van der Waals surface area contributed by atoms with Crippen molar-refractivity contribution in [2.24, 2.45) is 0 Å². The van der Waals surface area contributed by atoms with Crippen LogP contribution in [0.25, 0.3) is 0 Å². The van der Waals surface area contributed by atoms with Gasteiger partial charge in [-0.2, -0.15) is 0 Å². The summed E-state index contributed by atoms with van der Waals surface area (Å²) in [6, 6.07) is 9.26. The number of rotatable bonds is 6. The Morgan fingerprint density at radius 2 is 1.90 bits per heavy atom. The summed E-state index contributed by atoms with van der Waals surface area (Å²) in [5.74, 6) is -0.424. The van der Waals surface area contributed by atoms with E-state index >= 15 is 0 Å². The van der Waals surface area contributed by atoms with E-state index in [-0.39, 0.29) is 28.8 Å². The molecular formula is C18H10Br2ClFN2O5. The summed E-state index contributed by atoms with van der Waals surface area (Å²) in [5.41, 5.74) is 0.173. The highest BCUT2D eigenvalue weighted by molar-refractivity contribution is 9.11. The number of benzene rings is 2. The van der Waals surface area contributed by atoms with Crippen molar-refractivity contribution < 1.29 is 23.3 Å². The van der Waals surface area contributed by atoms with Crippen LogP contribution in [0, 0.1) is 15.9 Å². The van der Waals surface area contributed by atoms with Crippen LogP contribution in [0.4, 0.5) is 15.8 Å². The molecule has 0 fully saturated rings. The minimum atomic E-state index is -0.564. The number of hydrogen-bond acceptors (Lipinski definition) is 5. The number of hydrogen-bond donors (Lipinski definition) is 1. The van der Waals surface area contributed by atoms with Crippen molar-refractivity contribution in [2.75, 3.05) is 5.32 Å². The van der Waals surface area contributed by atoms with Crippen LogP contribution < -0.4 is 10.1 Å². The lowest BCUT2D eigenvalue weighted by atomic mass is 10.2. The van der Waals surface area contributed by atoms with Gasteiger partial charge < -0.3 is 14.5 Å². The molecule has 0 atom stereocenters. The van der Waals surface area contributed by atoms with Crippen LogP contribution in [0.3, 0.4) is 0 Å². The van der Waals surface area contributed by atoms with E-state index < -0.39 is 16.6 Å². The minimum absolute atomic E-state index is 0.00551. The maximum atomic E-state index is 13.1. The van der Waals surface area contributed by atoms with Crippen LogP contribution in [-0.2, 0) is 6.61 Å². The van der Waals surface area contributed by atoms with Gasteiger partial charge in [0.1, 0.15) is 23.9 Å². The first-order valence-electron chi connectivity index (χ1n) is 7.86. The summed E-state index contributed by atoms with van der Waals surface area (Å²) in [4.78, 5) is 22.8. The summed E-state index contributed by atoms with van der Waals surface area (Å²) in [6.07, 6.45) is 0. The Labute approximate surface area is 185 Å². The van der Waals surface area contributed by atoms with Gasteiger partial charge in [0.25, 0.3) is 11.6 Å². The highest BCUT2D eigenvalue weighted by Crippen LogP contribution is 2.35. The molecule has 1 amide bonds. The lowest BCUT2D eigenvalue weighted by Crippen LogP contribution is -2.12. The van der Waals surface area contributed by atoms with E-state index in [0.717, 1.165) is 6.07 Å². The van der Waals surface area contributed by atoms with Gasteiger partial charge in [-0.15, -0.1) is 0 Å². The molecule has 0 aliphatic rings. The molecule has 7 nitrogen and oxygen atoms in total. The average Bonchev–Trinajstić information content (AvgIpc) is 3.12. The fourth-order valence-corrected chi connectivity index (χ4v) is 3.86. The van der Waals surface area contributed by atoms with Gasteiger partial charge in [-0.25, -0.2) is 4.39 Å². The maximum Gasteiger partial charge on any atom is 0.291 e. The number of furan rings is 1. The molecule has 1 N–H and O–H groups in total. The second-order valence-electron chi connectivity index (χ2n) is 5.63. The van der Waals surface area contributed by atoms with Gasteiger partial charge >= 0.3 is 0 Å². The highest BCUT2D eigenvalue weighted by atomic mass is 79.9. The normalized spacial score (nSPS) is 10.6. The Morgan fingerprint density at radius 1 is 1.21 bits per heavy atom. The van der Waals surface area contributed by atoms with E-state index in [0.29, 0.717) is 20.4 Å². The number of nitrogens with one attached hydrogen (secondary N) is 1. The van der Waals surface area contributed by atoms with E-state index in [1.54, 1.807) is 6.07 Å². The topological polar surface area (TPSA) is 94.6 Å². The van der Waals surface area contributed by atoms with E-state index in [9.17, 15) is 19.3 Å². The van der Waals surface area contributed by atoms with Crippen molar-refractivity contribution in [3.63, 3.8) is 0 Å². The van der Waals surface area contributed by atoms with Gasteiger partial charge in [-0.1, -0.05) is 11.6 Å². The van der Waals surface area contributed by atoms with E-state index in [1.165, 1.54) is 30.3 Å². The minimum Gasteiger partial charge on any atom is -0.484 e. The lowest BCUT2D eigenvalue weighted by molar-refractivity contribution is -0.385. The SMILES string of the molecule is O=C(Nc1c(Br)cc([N+](=O)[O-])cc1Br)c1ccc(COc2ccc(F)cc2Cl)o1. The summed E-state index contributed by atoms with van der Waals surface area (Å²) in [6.45, 7) is -0.0243. The molecule has 3 aromatic rings. The Kier molecular flexibility index (Phi) is 6.56. The molecule has 0 radical (unpaired) electrons. The lowest BCUT2D eigenvalue weighted by Gasteiger charge is -2.09. The molecule has 11 heteroatoms. The number of ether oxygens (including phenoxy) is 1. The molecule has 1 heterocycles. The molecule has 0 saturated heterocycles. The molecule has 3 rings (SSSR count). The monoisotopic (exact) mass is 546 g/mol. The first-order chi connectivity index (χ1) is 13.7. The standard InChI is InChI=1S/C18H10Br2ClFN2O5/c19-12-6-10(24(26)27)7-13(20)17(12)23-18(25)16-4-2-11(29-16)8-28-15-3-1-9(22)5-14(15)21/h1-7H,8H2,(H,23,25). The van der Waals surface area contributed by atoms with Crippen LogP contribution >= 0.6 is 43.5 Å². The second-order valence-corrected chi connectivity index (χ2v) is 7.74. The molecule has 0 saturated carbocycles. The van der Waals surface area contributed by atoms with E-state index in [2.05, 4.69) is 37.2 Å². The van der Waals surface area contributed by atoms with Crippen molar-refractivity contribution in [1.82, 2.24) is 0 Å². The Bertz CT molecular complexity index is 1080. The van der Waals surface area contributed by atoms with Gasteiger partial charge in [0.05, 0.1) is 15.6 Å². The molecule has 0 aliphatic carbocycles.